The quantitative estimate of drug-likeness (QED) is 0.450. The van der Waals surface area contributed by atoms with Gasteiger partial charge in [-0.05, 0) is 66.1 Å². The molecule has 2 bridgehead atoms. The van der Waals surface area contributed by atoms with Crippen molar-refractivity contribution < 1.29 is 14.0 Å². The van der Waals surface area contributed by atoms with E-state index in [2.05, 4.69) is 20.9 Å². The Balaban J connectivity index is 1.32. The summed E-state index contributed by atoms with van der Waals surface area (Å²) < 4.78 is 14.6. The van der Waals surface area contributed by atoms with Gasteiger partial charge in [0.25, 0.3) is 0 Å². The number of carbonyl (C=O) groups excluding carboxylic acids is 2. The molecule has 5 nitrogen and oxygen atoms in total. The lowest BCUT2D eigenvalue weighted by Gasteiger charge is -2.43. The first kappa shape index (κ1) is 21.1. The van der Waals surface area contributed by atoms with E-state index in [4.69, 9.17) is 0 Å². The van der Waals surface area contributed by atoms with E-state index in [1.807, 2.05) is 12.1 Å². The number of hydrogen-bond acceptors (Lipinski definition) is 5. The largest absolute Gasteiger partial charge is 0.307 e. The van der Waals surface area contributed by atoms with Gasteiger partial charge < -0.3 is 4.98 Å². The van der Waals surface area contributed by atoms with Crippen LogP contribution < -0.4 is 9.77 Å². The Bertz CT molecular complexity index is 1400. The summed E-state index contributed by atoms with van der Waals surface area (Å²) in [6.45, 7) is 0. The van der Waals surface area contributed by atoms with E-state index < -0.39 is 0 Å². The van der Waals surface area contributed by atoms with Crippen LogP contribution in [0.5, 0.6) is 0 Å². The number of aromatic amines is 1. The molecule has 1 aromatic heterocycles. The highest BCUT2D eigenvalue weighted by Gasteiger charge is 2.69. The topological polar surface area (TPSA) is 70.2 Å². The lowest BCUT2D eigenvalue weighted by Crippen LogP contribution is -2.42. The van der Waals surface area contributed by atoms with E-state index in [9.17, 15) is 18.8 Å². The van der Waals surface area contributed by atoms with Gasteiger partial charge in [0.15, 0.2) is 0 Å². The third kappa shape index (κ3) is 2.80. The van der Waals surface area contributed by atoms with Crippen molar-refractivity contribution in [1.82, 2.24) is 4.98 Å². The molecule has 7 rings (SSSR count). The van der Waals surface area contributed by atoms with Crippen LogP contribution in [0.2, 0.25) is 0 Å². The molecule has 2 aliphatic heterocycles. The number of fused-ring (bicyclic) bond motifs is 9. The Hall–Kier alpha value is -2.23. The zero-order valence-electron chi connectivity index (χ0n) is 17.6. The number of halogens is 2. The van der Waals surface area contributed by atoms with Gasteiger partial charge in [0, 0.05) is 20.5 Å². The molecule has 2 amide bonds. The van der Waals surface area contributed by atoms with E-state index in [0.717, 1.165) is 26.4 Å². The average molecular weight is 557 g/mol. The maximum Gasteiger partial charge on any atom is 0.305 e. The molecule has 3 fully saturated rings. The fraction of sp³-hybridized carbons (Fsp3) is 0.320. The second kappa shape index (κ2) is 7.38. The fourth-order valence-corrected chi connectivity index (χ4v) is 10.1. The number of amides is 2. The first-order valence-corrected chi connectivity index (χ1v) is 13.7. The van der Waals surface area contributed by atoms with Crippen molar-refractivity contribution in [2.75, 3.05) is 4.90 Å². The number of imide groups is 1. The van der Waals surface area contributed by atoms with Gasteiger partial charge in [-0.1, -0.05) is 39.4 Å². The van der Waals surface area contributed by atoms with Crippen molar-refractivity contribution in [3.63, 3.8) is 0 Å². The Morgan fingerprint density at radius 3 is 2.32 bits per heavy atom. The van der Waals surface area contributed by atoms with Crippen molar-refractivity contribution >= 4 is 56.5 Å². The number of benzene rings is 2. The van der Waals surface area contributed by atoms with Crippen LogP contribution in [0, 0.1) is 35.4 Å². The maximum atomic E-state index is 13.7. The van der Waals surface area contributed by atoms with Gasteiger partial charge in [0.05, 0.1) is 22.5 Å². The lowest BCUT2D eigenvalue weighted by molar-refractivity contribution is -0.123. The Kier molecular flexibility index (Phi) is 4.58. The molecular formula is C25H18BrFN2O3S2. The molecular weight excluding hydrogens is 539 g/mol. The number of H-pyrrole nitrogens is 1. The van der Waals surface area contributed by atoms with Crippen molar-refractivity contribution in [3.05, 3.63) is 78.9 Å². The highest BCUT2D eigenvalue weighted by molar-refractivity contribution is 9.10. The molecule has 5 unspecified atom stereocenters. The van der Waals surface area contributed by atoms with Crippen molar-refractivity contribution in [2.45, 2.75) is 22.6 Å². The number of nitrogens with zero attached hydrogens (tertiary/aromatic N) is 1. The number of aromatic nitrogens is 1. The summed E-state index contributed by atoms with van der Waals surface area (Å²) in [6, 6.07) is 13.8. The van der Waals surface area contributed by atoms with Crippen LogP contribution in [-0.2, 0) is 9.59 Å². The van der Waals surface area contributed by atoms with Crippen LogP contribution in [0.3, 0.4) is 0 Å². The van der Waals surface area contributed by atoms with Crippen LogP contribution in [0.1, 0.15) is 22.8 Å². The van der Waals surface area contributed by atoms with Crippen molar-refractivity contribution in [3.8, 4) is 0 Å². The minimum Gasteiger partial charge on any atom is -0.307 e. The monoisotopic (exact) mass is 556 g/mol. The van der Waals surface area contributed by atoms with Gasteiger partial charge in [-0.3, -0.25) is 19.3 Å². The zero-order valence-corrected chi connectivity index (χ0v) is 20.8. The summed E-state index contributed by atoms with van der Waals surface area (Å²) in [5.74, 6) is -1.05. The normalized spacial score (nSPS) is 33.2. The van der Waals surface area contributed by atoms with E-state index in [1.165, 1.54) is 28.4 Å². The third-order valence-corrected chi connectivity index (χ3v) is 11.2. The standard InChI is InChI=1S/C25H18BrFN2O3S2/c26-11-3-7-13(8-4-11)29-23(30)18-14-9-15(19(18)24(29)31)20-17(14)16(10-1-5-12(27)6-2-10)21-22(33-20)28-25(32)34-21/h1-8,14-20H,9H2,(H,28,32)/t14-,15-,16?,17?,18?,19?,20?/m1/s1. The summed E-state index contributed by atoms with van der Waals surface area (Å²) in [6.07, 6.45) is 0.834. The molecule has 3 heterocycles. The molecule has 2 aliphatic carbocycles. The third-order valence-electron chi connectivity index (χ3n) is 8.04. The van der Waals surface area contributed by atoms with Gasteiger partial charge in [-0.2, -0.15) is 0 Å². The molecule has 2 aromatic carbocycles. The number of thiazole rings is 1. The molecule has 1 N–H and O–H groups in total. The summed E-state index contributed by atoms with van der Waals surface area (Å²) in [7, 11) is 0. The molecule has 0 spiro atoms. The highest BCUT2D eigenvalue weighted by Crippen LogP contribution is 2.68. The smallest absolute Gasteiger partial charge is 0.305 e. The van der Waals surface area contributed by atoms with E-state index in [-0.39, 0.29) is 63.3 Å². The number of nitrogens with one attached hydrogen (secondary N) is 1. The second-order valence-electron chi connectivity index (χ2n) is 9.50. The minimum absolute atomic E-state index is 0.0461. The zero-order chi connectivity index (χ0) is 23.3. The first-order chi connectivity index (χ1) is 16.4. The van der Waals surface area contributed by atoms with Gasteiger partial charge in [-0.25, -0.2) is 4.39 Å². The van der Waals surface area contributed by atoms with Crippen LogP contribution >= 0.6 is 39.0 Å². The molecule has 0 radical (unpaired) electrons. The molecule has 4 aliphatic rings. The van der Waals surface area contributed by atoms with Crippen LogP contribution in [0.4, 0.5) is 10.1 Å². The van der Waals surface area contributed by atoms with E-state index >= 15 is 0 Å². The number of hydrogen-bond donors (Lipinski definition) is 1. The van der Waals surface area contributed by atoms with Gasteiger partial charge in [0.2, 0.25) is 11.8 Å². The summed E-state index contributed by atoms with van der Waals surface area (Å²) in [5.41, 5.74) is 1.57. The molecule has 9 heteroatoms. The molecule has 2 saturated carbocycles. The summed E-state index contributed by atoms with van der Waals surface area (Å²) in [5, 5.41) is 0.983. The van der Waals surface area contributed by atoms with Gasteiger partial charge in [-0.15, -0.1) is 11.8 Å². The first-order valence-electron chi connectivity index (χ1n) is 11.2. The van der Waals surface area contributed by atoms with Crippen LogP contribution in [0.25, 0.3) is 0 Å². The molecule has 1 saturated heterocycles. The van der Waals surface area contributed by atoms with Gasteiger partial charge >= 0.3 is 4.87 Å². The van der Waals surface area contributed by atoms with E-state index in [0.29, 0.717) is 5.69 Å². The predicted molar refractivity (Wildman–Crippen MR) is 132 cm³/mol. The van der Waals surface area contributed by atoms with Crippen LogP contribution in [0.15, 0.2) is 62.8 Å². The molecule has 3 aromatic rings. The highest BCUT2D eigenvalue weighted by atomic mass is 79.9. The SMILES string of the molecule is O=C1C2C(C(=O)N1c1ccc(Br)cc1)[C@@H]1C[C@H]2C2Sc3[nH]c(=O)sc3C(c3ccc(F)cc3)C21. The predicted octanol–water partition coefficient (Wildman–Crippen LogP) is 5.02. The average Bonchev–Trinajstić information content (AvgIpc) is 3.54. The Morgan fingerprint density at radius 2 is 1.62 bits per heavy atom. The lowest BCUT2D eigenvalue weighted by atomic mass is 9.68. The fourth-order valence-electron chi connectivity index (χ4n) is 6.90. The maximum absolute atomic E-state index is 13.7. The molecule has 172 valence electrons. The van der Waals surface area contributed by atoms with Crippen molar-refractivity contribution in [2.24, 2.45) is 29.6 Å². The summed E-state index contributed by atoms with van der Waals surface area (Å²) >= 11 is 6.28. The van der Waals surface area contributed by atoms with Gasteiger partial charge in [0.1, 0.15) is 5.82 Å². The van der Waals surface area contributed by atoms with E-state index in [1.54, 1.807) is 36.0 Å². The minimum atomic E-state index is -0.344. The Morgan fingerprint density at radius 1 is 0.941 bits per heavy atom. The second-order valence-corrected chi connectivity index (χ2v) is 12.6. The van der Waals surface area contributed by atoms with Crippen LogP contribution in [-0.4, -0.2) is 22.0 Å². The number of anilines is 1. The Labute approximate surface area is 210 Å². The molecule has 34 heavy (non-hydrogen) atoms. The van der Waals surface area contributed by atoms with Crippen molar-refractivity contribution in [1.29, 1.82) is 0 Å². The molecule has 7 atom stereocenters. The number of rotatable bonds is 2. The number of thioether (sulfide) groups is 1. The number of carbonyl (C=O) groups is 2. The summed E-state index contributed by atoms with van der Waals surface area (Å²) in [4.78, 5) is 44.7.